The molecule has 0 radical (unpaired) electrons. The third-order valence-corrected chi connectivity index (χ3v) is 4.77. The van der Waals surface area contributed by atoms with E-state index in [1.807, 2.05) is 36.4 Å². The van der Waals surface area contributed by atoms with Crippen LogP contribution in [0.15, 0.2) is 55.0 Å². The van der Waals surface area contributed by atoms with Crippen molar-refractivity contribution >= 4 is 19.3 Å². The maximum Gasteiger partial charge on any atom is 0.180 e. The van der Waals surface area contributed by atoms with E-state index in [1.165, 1.54) is 0 Å². The van der Waals surface area contributed by atoms with E-state index < -0.39 is 0 Å². The van der Waals surface area contributed by atoms with Crippen LogP contribution in [0.3, 0.4) is 0 Å². The Morgan fingerprint density at radius 1 is 1.10 bits per heavy atom. The number of ether oxygens (including phenoxy) is 1. The Bertz CT molecular complexity index is 1110. The van der Waals surface area contributed by atoms with Gasteiger partial charge < -0.3 is 10.1 Å². The van der Waals surface area contributed by atoms with Crippen molar-refractivity contribution in [3.05, 3.63) is 72.1 Å². The molecule has 3 aromatic heterocycles. The smallest absolute Gasteiger partial charge is 0.180 e. The van der Waals surface area contributed by atoms with Crippen LogP contribution in [0.1, 0.15) is 29.9 Å². The van der Waals surface area contributed by atoms with Crippen LogP contribution in [-0.2, 0) is 6.42 Å². The number of anilines is 1. The van der Waals surface area contributed by atoms with Crippen molar-refractivity contribution in [3.63, 3.8) is 0 Å². The molecule has 160 valence electrons. The first-order valence-corrected chi connectivity index (χ1v) is 9.59. The molecular weight excluding hydrogens is 412 g/mol. The van der Waals surface area contributed by atoms with Gasteiger partial charge >= 0.3 is 0 Å². The number of methoxy groups -OCH3 is 1. The fourth-order valence-electron chi connectivity index (χ4n) is 3.21. The highest BCUT2D eigenvalue weighted by Crippen LogP contribution is 2.26. The number of nitrogens with zero attached hydrogens (tertiary/aromatic N) is 6. The summed E-state index contributed by atoms with van der Waals surface area (Å²) in [7, 11) is 1.69. The lowest BCUT2D eigenvalue weighted by Crippen LogP contribution is -2.12. The van der Waals surface area contributed by atoms with Gasteiger partial charge in [-0.3, -0.25) is 4.98 Å². The Morgan fingerprint density at radius 2 is 1.97 bits per heavy atom. The Balaban J connectivity index is 0.00000272. The lowest BCUT2D eigenvalue weighted by Gasteiger charge is -2.16. The van der Waals surface area contributed by atoms with Gasteiger partial charge in [0.25, 0.3) is 0 Å². The molecule has 0 fully saturated rings. The number of hydrogen-bond donors (Lipinski definition) is 2. The molecule has 4 aromatic rings. The third-order valence-electron chi connectivity index (χ3n) is 4.77. The van der Waals surface area contributed by atoms with Gasteiger partial charge in [-0.2, -0.15) is 18.7 Å². The molecule has 3 heterocycles. The van der Waals surface area contributed by atoms with Crippen LogP contribution in [0.2, 0.25) is 0 Å². The predicted octanol–water partition coefficient (Wildman–Crippen LogP) is 2.98. The van der Waals surface area contributed by atoms with E-state index in [2.05, 4.69) is 53.9 Å². The van der Waals surface area contributed by atoms with Gasteiger partial charge in [0.2, 0.25) is 0 Å². The van der Waals surface area contributed by atoms with Crippen LogP contribution < -0.4 is 10.1 Å². The number of H-pyrrole nitrogens is 1. The van der Waals surface area contributed by atoms with E-state index in [9.17, 15) is 0 Å². The summed E-state index contributed by atoms with van der Waals surface area (Å²) in [6.07, 6.45) is 3.81. The Kier molecular flexibility index (Phi) is 7.50. The molecule has 0 aliphatic heterocycles. The molecule has 0 saturated heterocycles. The highest BCUT2D eigenvalue weighted by Gasteiger charge is 2.12. The van der Waals surface area contributed by atoms with Gasteiger partial charge in [-0.25, -0.2) is 9.97 Å². The number of nitrogens with one attached hydrogen (secondary N) is 2. The molecule has 0 aliphatic carbocycles. The van der Waals surface area contributed by atoms with Crippen molar-refractivity contribution in [1.29, 1.82) is 0 Å². The fraction of sp³-hybridized carbons (Fsp3) is 0.238. The van der Waals surface area contributed by atoms with E-state index in [1.54, 1.807) is 19.6 Å². The number of pyridine rings is 1. The molecule has 0 unspecified atom stereocenters. The van der Waals surface area contributed by atoms with E-state index in [4.69, 9.17) is 4.74 Å². The summed E-state index contributed by atoms with van der Waals surface area (Å²) >= 11 is 0. The van der Waals surface area contributed by atoms with Crippen LogP contribution >= 0.6 is 13.5 Å². The summed E-state index contributed by atoms with van der Waals surface area (Å²) in [5.74, 6) is 2.50. The molecule has 10 heteroatoms. The summed E-state index contributed by atoms with van der Waals surface area (Å²) in [6, 6.07) is 13.9. The number of tetrazole rings is 1. The van der Waals surface area contributed by atoms with Crippen LogP contribution in [-0.4, -0.2) is 49.2 Å². The largest absolute Gasteiger partial charge is 0.496 e. The summed E-state index contributed by atoms with van der Waals surface area (Å²) in [4.78, 5) is 13.1. The molecule has 31 heavy (non-hydrogen) atoms. The quantitative estimate of drug-likeness (QED) is 0.433. The second-order valence-corrected chi connectivity index (χ2v) is 6.85. The van der Waals surface area contributed by atoms with Gasteiger partial charge in [0.15, 0.2) is 5.82 Å². The second-order valence-electron chi connectivity index (χ2n) is 6.85. The average molecular weight is 437 g/mol. The van der Waals surface area contributed by atoms with Crippen LogP contribution in [0.5, 0.6) is 5.75 Å². The van der Waals surface area contributed by atoms with Gasteiger partial charge in [0.05, 0.1) is 19.2 Å². The summed E-state index contributed by atoms with van der Waals surface area (Å²) in [5, 5.41) is 17.4. The normalized spacial score (nSPS) is 11.4. The Morgan fingerprint density at radius 3 is 2.77 bits per heavy atom. The van der Waals surface area contributed by atoms with E-state index >= 15 is 0 Å². The number of hydrogen-bond acceptors (Lipinski definition) is 8. The predicted molar refractivity (Wildman–Crippen MR) is 123 cm³/mol. The van der Waals surface area contributed by atoms with Gasteiger partial charge in [-0.1, -0.05) is 30.3 Å². The summed E-state index contributed by atoms with van der Waals surface area (Å²) in [6.45, 7) is 2.87. The molecule has 1 aromatic carbocycles. The lowest BCUT2D eigenvalue weighted by molar-refractivity contribution is 0.407. The minimum Gasteiger partial charge on any atom is -0.496 e. The third kappa shape index (κ3) is 5.54. The first-order valence-electron chi connectivity index (χ1n) is 9.59. The first-order chi connectivity index (χ1) is 14.7. The maximum atomic E-state index is 5.47. The number of aromatic amines is 1. The Hall–Kier alpha value is -3.53. The molecular formula is C21H24N8OS. The molecule has 4 rings (SSSR count). The number of benzene rings is 1. The molecule has 0 spiro atoms. The zero-order chi connectivity index (χ0) is 20.8. The van der Waals surface area contributed by atoms with Crippen molar-refractivity contribution in [1.82, 2.24) is 35.6 Å². The molecule has 0 saturated carbocycles. The van der Waals surface area contributed by atoms with E-state index in [0.717, 1.165) is 40.6 Å². The minimum atomic E-state index is 0. The summed E-state index contributed by atoms with van der Waals surface area (Å²) < 4.78 is 5.47. The van der Waals surface area contributed by atoms with Crippen molar-refractivity contribution in [3.8, 4) is 17.0 Å². The van der Waals surface area contributed by atoms with Gasteiger partial charge in [0, 0.05) is 36.0 Å². The molecule has 9 nitrogen and oxygen atoms in total. The first kappa shape index (κ1) is 22.2. The number of aromatic nitrogens is 7. The van der Waals surface area contributed by atoms with Crippen molar-refractivity contribution < 1.29 is 4.74 Å². The SMILES string of the molecule is COc1ccccc1[C@H](C)CNc1cc(-c2ccnc(Cc3nn[nH]n3)c2)ncn1.S. The molecule has 0 bridgehead atoms. The second kappa shape index (κ2) is 10.5. The highest BCUT2D eigenvalue weighted by molar-refractivity contribution is 7.59. The monoisotopic (exact) mass is 436 g/mol. The zero-order valence-corrected chi connectivity index (χ0v) is 18.3. The zero-order valence-electron chi connectivity index (χ0n) is 17.3. The topological polar surface area (TPSA) is 114 Å². The van der Waals surface area contributed by atoms with Gasteiger partial charge in [-0.05, 0) is 23.8 Å². The summed E-state index contributed by atoms with van der Waals surface area (Å²) in [5.41, 5.74) is 3.76. The molecule has 1 atom stereocenters. The van der Waals surface area contributed by atoms with Crippen LogP contribution in [0.25, 0.3) is 11.3 Å². The minimum absolute atomic E-state index is 0. The molecule has 0 amide bonds. The molecule has 2 N–H and O–H groups in total. The lowest BCUT2D eigenvalue weighted by atomic mass is 10.00. The van der Waals surface area contributed by atoms with Crippen molar-refractivity contribution in [2.75, 3.05) is 19.0 Å². The number of rotatable bonds is 8. The van der Waals surface area contributed by atoms with Crippen molar-refractivity contribution in [2.45, 2.75) is 19.3 Å². The Labute approximate surface area is 187 Å². The number of para-hydroxylation sites is 1. The van der Waals surface area contributed by atoms with Gasteiger partial charge in [0.1, 0.15) is 17.9 Å². The van der Waals surface area contributed by atoms with Gasteiger partial charge in [-0.15, -0.1) is 10.2 Å². The maximum absolute atomic E-state index is 5.47. The van der Waals surface area contributed by atoms with Crippen LogP contribution in [0, 0.1) is 0 Å². The standard InChI is InChI=1S/C21H22N8O.H2S/c1-14(17-5-3-4-6-19(17)30-2)12-23-20-11-18(24-13-25-20)15-7-8-22-16(9-15)10-21-26-28-29-27-21;/h3-9,11,13-14H,10,12H2,1-2H3,(H,23,24,25)(H,26,27,28,29);1H2/t14-;/m1./s1. The van der Waals surface area contributed by atoms with E-state index in [-0.39, 0.29) is 19.4 Å². The van der Waals surface area contributed by atoms with Crippen molar-refractivity contribution in [2.24, 2.45) is 0 Å². The van der Waals surface area contributed by atoms with Crippen LogP contribution in [0.4, 0.5) is 5.82 Å². The fourth-order valence-corrected chi connectivity index (χ4v) is 3.21. The highest BCUT2D eigenvalue weighted by atomic mass is 32.1. The molecule has 0 aliphatic rings. The van der Waals surface area contributed by atoms with E-state index in [0.29, 0.717) is 12.2 Å². The average Bonchev–Trinajstić information content (AvgIpc) is 3.31.